The van der Waals surface area contributed by atoms with Gasteiger partial charge in [0.05, 0.1) is 13.2 Å². The van der Waals surface area contributed by atoms with Crippen molar-refractivity contribution >= 4 is 40.6 Å². The van der Waals surface area contributed by atoms with Crippen LogP contribution in [0.4, 0.5) is 10.5 Å². The summed E-state index contributed by atoms with van der Waals surface area (Å²) in [4.78, 5) is 29.9. The molecule has 2 aromatic carbocycles. The second-order valence-corrected chi connectivity index (χ2v) is 9.55. The van der Waals surface area contributed by atoms with Crippen LogP contribution in [0.1, 0.15) is 41.2 Å². The van der Waals surface area contributed by atoms with Gasteiger partial charge in [0.25, 0.3) is 5.91 Å². The van der Waals surface area contributed by atoms with Crippen LogP contribution in [0, 0.1) is 0 Å². The van der Waals surface area contributed by atoms with Gasteiger partial charge in [0.15, 0.2) is 0 Å². The normalized spacial score (nSPS) is 17.3. The molecular formula is C25H27ClN4O4S. The Bertz CT molecular complexity index is 1150. The molecule has 3 amide bonds. The SMILES string of the molecule is COc1cccc(NC(=O)N[C@@H]2CCCC[C@H]2NC(=O)c2csc(COc3ccc(Cl)cc3)n2)c1. The van der Waals surface area contributed by atoms with Crippen LogP contribution in [0.15, 0.2) is 53.9 Å². The van der Waals surface area contributed by atoms with Gasteiger partial charge in [-0.3, -0.25) is 4.79 Å². The number of methoxy groups -OCH3 is 1. The topological polar surface area (TPSA) is 102 Å². The number of nitrogens with zero attached hydrogens (tertiary/aromatic N) is 1. The molecule has 8 nitrogen and oxygen atoms in total. The van der Waals surface area contributed by atoms with Crippen molar-refractivity contribution in [2.24, 2.45) is 0 Å². The fourth-order valence-electron chi connectivity index (χ4n) is 3.91. The summed E-state index contributed by atoms with van der Waals surface area (Å²) in [6.45, 7) is 0.262. The Hall–Kier alpha value is -3.30. The number of aromatic nitrogens is 1. The van der Waals surface area contributed by atoms with Crippen LogP contribution in [-0.2, 0) is 6.61 Å². The molecule has 0 bridgehead atoms. The van der Waals surface area contributed by atoms with Crippen molar-refractivity contribution in [1.82, 2.24) is 15.6 Å². The van der Waals surface area contributed by atoms with Crippen LogP contribution >= 0.6 is 22.9 Å². The van der Waals surface area contributed by atoms with E-state index < -0.39 is 0 Å². The van der Waals surface area contributed by atoms with E-state index in [1.807, 2.05) is 6.07 Å². The van der Waals surface area contributed by atoms with Crippen molar-refractivity contribution in [2.75, 3.05) is 12.4 Å². The van der Waals surface area contributed by atoms with Gasteiger partial charge in [-0.05, 0) is 49.2 Å². The van der Waals surface area contributed by atoms with Gasteiger partial charge in [-0.2, -0.15) is 0 Å². The number of hydrogen-bond acceptors (Lipinski definition) is 6. The van der Waals surface area contributed by atoms with Gasteiger partial charge in [0.2, 0.25) is 0 Å². The average Bonchev–Trinajstić information content (AvgIpc) is 3.34. The highest BCUT2D eigenvalue weighted by Crippen LogP contribution is 2.22. The van der Waals surface area contributed by atoms with Crippen LogP contribution in [0.25, 0.3) is 0 Å². The maximum atomic E-state index is 12.9. The molecule has 3 N–H and O–H groups in total. The molecule has 1 aromatic heterocycles. The molecule has 0 saturated heterocycles. The van der Waals surface area contributed by atoms with E-state index in [2.05, 4.69) is 20.9 Å². The smallest absolute Gasteiger partial charge is 0.319 e. The van der Waals surface area contributed by atoms with E-state index in [0.717, 1.165) is 25.7 Å². The van der Waals surface area contributed by atoms with Crippen molar-refractivity contribution in [3.63, 3.8) is 0 Å². The Morgan fingerprint density at radius 1 is 1.06 bits per heavy atom. The molecule has 4 rings (SSSR count). The number of carbonyl (C=O) groups excluding carboxylic acids is 2. The molecule has 3 aromatic rings. The number of amides is 3. The molecule has 0 unspecified atom stereocenters. The van der Waals surface area contributed by atoms with Crippen LogP contribution < -0.4 is 25.4 Å². The number of hydrogen-bond donors (Lipinski definition) is 3. The average molecular weight is 515 g/mol. The Morgan fingerprint density at radius 2 is 1.80 bits per heavy atom. The Kier molecular flexibility index (Phi) is 8.44. The van der Waals surface area contributed by atoms with Crippen LogP contribution in [-0.4, -0.2) is 36.1 Å². The quantitative estimate of drug-likeness (QED) is 0.381. The Balaban J connectivity index is 1.30. The molecule has 184 valence electrons. The summed E-state index contributed by atoms with van der Waals surface area (Å²) in [5, 5.41) is 11.9. The number of thiazole rings is 1. The minimum Gasteiger partial charge on any atom is -0.497 e. The molecular weight excluding hydrogens is 488 g/mol. The monoisotopic (exact) mass is 514 g/mol. The summed E-state index contributed by atoms with van der Waals surface area (Å²) in [6.07, 6.45) is 3.54. The van der Waals surface area contributed by atoms with Gasteiger partial charge in [-0.25, -0.2) is 9.78 Å². The predicted molar refractivity (Wildman–Crippen MR) is 137 cm³/mol. The third-order valence-corrected chi connectivity index (χ3v) is 6.76. The minimum atomic E-state index is -0.320. The number of anilines is 1. The maximum absolute atomic E-state index is 12.9. The molecule has 1 saturated carbocycles. The zero-order chi connectivity index (χ0) is 24.6. The van der Waals surface area contributed by atoms with E-state index in [4.69, 9.17) is 21.1 Å². The van der Waals surface area contributed by atoms with Gasteiger partial charge in [-0.15, -0.1) is 11.3 Å². The lowest BCUT2D eigenvalue weighted by Gasteiger charge is -2.32. The molecule has 10 heteroatoms. The number of carbonyl (C=O) groups is 2. The Labute approximate surface area is 213 Å². The zero-order valence-electron chi connectivity index (χ0n) is 19.3. The van der Waals surface area contributed by atoms with Crippen molar-refractivity contribution in [1.29, 1.82) is 0 Å². The molecule has 1 heterocycles. The van der Waals surface area contributed by atoms with E-state index in [-0.39, 0.29) is 30.6 Å². The number of benzene rings is 2. The molecule has 1 aliphatic carbocycles. The molecule has 35 heavy (non-hydrogen) atoms. The van der Waals surface area contributed by atoms with E-state index >= 15 is 0 Å². The number of ether oxygens (including phenoxy) is 2. The lowest BCUT2D eigenvalue weighted by molar-refractivity contribution is 0.0911. The lowest BCUT2D eigenvalue weighted by atomic mass is 9.90. The molecule has 2 atom stereocenters. The van der Waals surface area contributed by atoms with Gasteiger partial charge in [-0.1, -0.05) is 30.5 Å². The van der Waals surface area contributed by atoms with Gasteiger partial charge in [0.1, 0.15) is 28.8 Å². The second-order valence-electron chi connectivity index (χ2n) is 8.17. The highest BCUT2D eigenvalue weighted by atomic mass is 35.5. The van der Waals surface area contributed by atoms with E-state index in [1.165, 1.54) is 11.3 Å². The Morgan fingerprint density at radius 3 is 2.54 bits per heavy atom. The van der Waals surface area contributed by atoms with E-state index in [9.17, 15) is 9.59 Å². The molecule has 0 spiro atoms. The first-order chi connectivity index (χ1) is 17.0. The van der Waals surface area contributed by atoms with Crippen LogP contribution in [0.2, 0.25) is 5.02 Å². The highest BCUT2D eigenvalue weighted by Gasteiger charge is 2.28. The fraction of sp³-hybridized carbons (Fsp3) is 0.320. The zero-order valence-corrected chi connectivity index (χ0v) is 20.8. The predicted octanol–water partition coefficient (Wildman–Crippen LogP) is 5.25. The summed E-state index contributed by atoms with van der Waals surface area (Å²) in [5.74, 6) is 1.08. The fourth-order valence-corrected chi connectivity index (χ4v) is 4.72. The summed E-state index contributed by atoms with van der Waals surface area (Å²) in [7, 11) is 1.58. The molecule has 0 aliphatic heterocycles. The summed E-state index contributed by atoms with van der Waals surface area (Å²) in [5.41, 5.74) is 0.976. The maximum Gasteiger partial charge on any atom is 0.319 e. The van der Waals surface area contributed by atoms with Crippen molar-refractivity contribution in [3.05, 3.63) is 69.6 Å². The van der Waals surface area contributed by atoms with Crippen LogP contribution in [0.3, 0.4) is 0 Å². The van der Waals surface area contributed by atoms with Gasteiger partial charge >= 0.3 is 6.03 Å². The summed E-state index contributed by atoms with van der Waals surface area (Å²) < 4.78 is 10.9. The molecule has 1 fully saturated rings. The van der Waals surface area contributed by atoms with Crippen molar-refractivity contribution in [2.45, 2.75) is 44.4 Å². The second kappa shape index (κ2) is 11.9. The lowest BCUT2D eigenvalue weighted by Crippen LogP contribution is -2.54. The van der Waals surface area contributed by atoms with Crippen molar-refractivity contribution < 1.29 is 19.1 Å². The van der Waals surface area contributed by atoms with E-state index in [1.54, 1.807) is 55.0 Å². The largest absolute Gasteiger partial charge is 0.497 e. The van der Waals surface area contributed by atoms with Crippen molar-refractivity contribution in [3.8, 4) is 11.5 Å². The first-order valence-corrected chi connectivity index (χ1v) is 12.6. The van der Waals surface area contributed by atoms with Gasteiger partial charge in [0, 0.05) is 28.2 Å². The summed E-state index contributed by atoms with van der Waals surface area (Å²) >= 11 is 7.26. The number of urea groups is 1. The first kappa shape index (κ1) is 24.8. The molecule has 1 aliphatic rings. The van der Waals surface area contributed by atoms with Crippen LogP contribution in [0.5, 0.6) is 11.5 Å². The van der Waals surface area contributed by atoms with E-state index in [0.29, 0.717) is 32.9 Å². The number of halogens is 1. The number of rotatable bonds is 8. The summed E-state index contributed by atoms with van der Waals surface area (Å²) in [6, 6.07) is 13.5. The minimum absolute atomic E-state index is 0.176. The first-order valence-electron chi connectivity index (χ1n) is 11.4. The van der Waals surface area contributed by atoms with Gasteiger partial charge < -0.3 is 25.4 Å². The third-order valence-electron chi connectivity index (χ3n) is 5.69. The molecule has 0 radical (unpaired) electrons. The third kappa shape index (κ3) is 7.10. The number of nitrogens with one attached hydrogen (secondary N) is 3. The standard InChI is InChI=1S/C25H27ClN4O4S/c1-33-19-6-4-5-17(13-19)27-25(32)30-21-8-3-2-7-20(21)29-24(31)22-15-35-23(28-22)14-34-18-11-9-16(26)10-12-18/h4-6,9-13,15,20-21H,2-3,7-8,14H2,1H3,(H,29,31)(H2,27,30,32)/t20-,21-/m1/s1. The highest BCUT2D eigenvalue weighted by molar-refractivity contribution is 7.09.